The molecule has 1 heterocycles. The van der Waals surface area contributed by atoms with Crippen molar-refractivity contribution in [3.8, 4) is 23.2 Å². The molecule has 0 N–H and O–H groups in total. The lowest BCUT2D eigenvalue weighted by atomic mass is 10.1. The zero-order chi connectivity index (χ0) is 14.5. The largest absolute Gasteiger partial charge is 0.356 e. The fraction of sp³-hybridized carbons (Fsp3) is 0. The van der Waals surface area contributed by atoms with Crippen LogP contribution in [0.25, 0.3) is 11.3 Å². The van der Waals surface area contributed by atoms with Gasteiger partial charge in [-0.25, -0.2) is 0 Å². The molecule has 0 saturated carbocycles. The molecule has 3 heteroatoms. The maximum Gasteiger partial charge on any atom is 0.258 e. The molecule has 0 saturated heterocycles. The lowest BCUT2D eigenvalue weighted by Gasteiger charge is -1.91. The molecule has 0 amide bonds. The molecule has 0 unspecified atom stereocenters. The molecule has 3 aromatic rings. The Labute approximate surface area is 122 Å². The van der Waals surface area contributed by atoms with Crippen molar-refractivity contribution < 1.29 is 9.32 Å². The molecule has 0 aliphatic heterocycles. The number of benzene rings is 2. The minimum absolute atomic E-state index is 0.220. The maximum atomic E-state index is 12.0. The first-order valence-corrected chi connectivity index (χ1v) is 6.46. The molecule has 0 spiro atoms. The maximum absolute atomic E-state index is 12.0. The van der Waals surface area contributed by atoms with E-state index in [1.165, 1.54) is 0 Å². The van der Waals surface area contributed by atoms with Crippen LogP contribution in [0.2, 0.25) is 0 Å². The first-order valence-electron chi connectivity index (χ1n) is 6.46. The van der Waals surface area contributed by atoms with E-state index in [-0.39, 0.29) is 11.5 Å². The van der Waals surface area contributed by atoms with Crippen molar-refractivity contribution in [3.05, 3.63) is 78.0 Å². The molecular weight excluding hydrogens is 262 g/mol. The highest BCUT2D eigenvalue weighted by Gasteiger charge is 2.11. The number of carbonyl (C=O) groups excluding carboxylic acids is 1. The molecule has 3 rings (SSSR count). The number of rotatable bonds is 2. The quantitative estimate of drug-likeness (QED) is 0.529. The van der Waals surface area contributed by atoms with Crippen molar-refractivity contribution in [3.63, 3.8) is 0 Å². The van der Waals surface area contributed by atoms with Crippen LogP contribution in [0.4, 0.5) is 0 Å². The predicted molar refractivity (Wildman–Crippen MR) is 79.6 cm³/mol. The van der Waals surface area contributed by atoms with Gasteiger partial charge in [0.2, 0.25) is 0 Å². The Hall–Kier alpha value is -3.12. The van der Waals surface area contributed by atoms with Crippen LogP contribution in [0.3, 0.4) is 0 Å². The summed E-state index contributed by atoms with van der Waals surface area (Å²) in [5.74, 6) is 5.58. The molecule has 0 atom stereocenters. The Kier molecular flexibility index (Phi) is 3.62. The predicted octanol–water partition coefficient (Wildman–Crippen LogP) is 3.58. The van der Waals surface area contributed by atoms with E-state index in [2.05, 4.69) is 17.0 Å². The molecule has 0 aliphatic carbocycles. The summed E-state index contributed by atoms with van der Waals surface area (Å²) in [7, 11) is 0. The van der Waals surface area contributed by atoms with Crippen molar-refractivity contribution in [2.75, 3.05) is 0 Å². The van der Waals surface area contributed by atoms with E-state index in [1.54, 1.807) is 6.07 Å². The first-order chi connectivity index (χ1) is 10.3. The zero-order valence-corrected chi connectivity index (χ0v) is 11.1. The summed E-state index contributed by atoms with van der Waals surface area (Å²) < 4.78 is 5.19. The van der Waals surface area contributed by atoms with Crippen LogP contribution >= 0.6 is 0 Å². The molecule has 0 bridgehead atoms. The normalized spacial score (nSPS) is 9.71. The summed E-state index contributed by atoms with van der Waals surface area (Å²) in [4.78, 5) is 12.0. The smallest absolute Gasteiger partial charge is 0.258 e. The monoisotopic (exact) mass is 273 g/mol. The number of Topliss-reactive ketones (excluding diaryl/α,β-unsaturated/α-hetero) is 1. The van der Waals surface area contributed by atoms with Gasteiger partial charge in [-0.05, 0) is 18.1 Å². The molecule has 0 radical (unpaired) electrons. The van der Waals surface area contributed by atoms with Gasteiger partial charge in [0.25, 0.3) is 5.78 Å². The molecule has 21 heavy (non-hydrogen) atoms. The van der Waals surface area contributed by atoms with Crippen molar-refractivity contribution in [1.82, 2.24) is 5.16 Å². The van der Waals surface area contributed by atoms with Crippen LogP contribution < -0.4 is 0 Å². The first kappa shape index (κ1) is 12.9. The summed E-state index contributed by atoms with van der Waals surface area (Å²) in [5, 5.41) is 3.78. The summed E-state index contributed by atoms with van der Waals surface area (Å²) in [6.45, 7) is 0. The van der Waals surface area contributed by atoms with Gasteiger partial charge in [-0.15, -0.1) is 0 Å². The summed E-state index contributed by atoms with van der Waals surface area (Å²) in [6, 6.07) is 20.4. The van der Waals surface area contributed by atoms with Gasteiger partial charge in [-0.1, -0.05) is 59.6 Å². The van der Waals surface area contributed by atoms with E-state index in [0.29, 0.717) is 5.76 Å². The standard InChI is InChI=1S/C18H11NO2/c20-17(12-11-14-7-3-1-4-8-14)16-13-18(21-19-16)15-9-5-2-6-10-15/h1-10,13H. The zero-order valence-electron chi connectivity index (χ0n) is 11.1. The van der Waals surface area contributed by atoms with E-state index < -0.39 is 0 Å². The van der Waals surface area contributed by atoms with Crippen molar-refractivity contribution in [2.45, 2.75) is 0 Å². The number of hydrogen-bond acceptors (Lipinski definition) is 3. The van der Waals surface area contributed by atoms with Gasteiger partial charge in [0.05, 0.1) is 0 Å². The third-order valence-corrected chi connectivity index (χ3v) is 2.90. The topological polar surface area (TPSA) is 43.1 Å². The fourth-order valence-electron chi connectivity index (χ4n) is 1.84. The molecule has 0 fully saturated rings. The second kappa shape index (κ2) is 5.89. The van der Waals surface area contributed by atoms with Gasteiger partial charge in [0.15, 0.2) is 11.5 Å². The third kappa shape index (κ3) is 3.07. The molecule has 2 aromatic carbocycles. The highest BCUT2D eigenvalue weighted by molar-refractivity contribution is 6.08. The number of carbonyl (C=O) groups is 1. The molecular formula is C18H11NO2. The Balaban J connectivity index is 1.81. The lowest BCUT2D eigenvalue weighted by molar-refractivity contribution is 0.104. The van der Waals surface area contributed by atoms with Crippen LogP contribution in [0.1, 0.15) is 16.1 Å². The minimum Gasteiger partial charge on any atom is -0.356 e. The Morgan fingerprint density at radius 2 is 1.62 bits per heavy atom. The highest BCUT2D eigenvalue weighted by Crippen LogP contribution is 2.19. The van der Waals surface area contributed by atoms with Gasteiger partial charge in [0, 0.05) is 17.2 Å². The summed E-state index contributed by atoms with van der Waals surface area (Å²) >= 11 is 0. The Morgan fingerprint density at radius 1 is 0.952 bits per heavy atom. The van der Waals surface area contributed by atoms with Gasteiger partial charge in [0.1, 0.15) is 0 Å². The highest BCUT2D eigenvalue weighted by atomic mass is 16.5. The van der Waals surface area contributed by atoms with Crippen LogP contribution in [0, 0.1) is 11.8 Å². The van der Waals surface area contributed by atoms with Crippen LogP contribution in [-0.4, -0.2) is 10.9 Å². The Bertz CT molecular complexity index is 808. The van der Waals surface area contributed by atoms with Crippen LogP contribution in [0.5, 0.6) is 0 Å². The second-order valence-electron chi connectivity index (χ2n) is 4.39. The van der Waals surface area contributed by atoms with E-state index in [4.69, 9.17) is 4.52 Å². The van der Waals surface area contributed by atoms with Crippen molar-refractivity contribution in [1.29, 1.82) is 0 Å². The average molecular weight is 273 g/mol. The molecule has 3 nitrogen and oxygen atoms in total. The van der Waals surface area contributed by atoms with E-state index in [9.17, 15) is 4.79 Å². The number of hydrogen-bond donors (Lipinski definition) is 0. The van der Waals surface area contributed by atoms with E-state index in [0.717, 1.165) is 11.1 Å². The molecule has 100 valence electrons. The number of aromatic nitrogens is 1. The fourth-order valence-corrected chi connectivity index (χ4v) is 1.84. The molecule has 0 aliphatic rings. The van der Waals surface area contributed by atoms with Gasteiger partial charge < -0.3 is 4.52 Å². The molecule has 1 aromatic heterocycles. The van der Waals surface area contributed by atoms with Gasteiger partial charge in [-0.2, -0.15) is 0 Å². The van der Waals surface area contributed by atoms with Crippen molar-refractivity contribution in [2.24, 2.45) is 0 Å². The lowest BCUT2D eigenvalue weighted by Crippen LogP contribution is -1.94. The summed E-state index contributed by atoms with van der Waals surface area (Å²) in [6.07, 6.45) is 0. The van der Waals surface area contributed by atoms with E-state index in [1.807, 2.05) is 60.7 Å². The van der Waals surface area contributed by atoms with Crippen LogP contribution in [0.15, 0.2) is 71.3 Å². The second-order valence-corrected chi connectivity index (χ2v) is 4.39. The number of nitrogens with zero attached hydrogens (tertiary/aromatic N) is 1. The van der Waals surface area contributed by atoms with Crippen molar-refractivity contribution >= 4 is 5.78 Å². The number of ketones is 1. The van der Waals surface area contributed by atoms with Gasteiger partial charge in [-0.3, -0.25) is 4.79 Å². The van der Waals surface area contributed by atoms with E-state index >= 15 is 0 Å². The van der Waals surface area contributed by atoms with Crippen LogP contribution in [-0.2, 0) is 0 Å². The third-order valence-electron chi connectivity index (χ3n) is 2.90. The summed E-state index contributed by atoms with van der Waals surface area (Å²) in [5.41, 5.74) is 1.88. The average Bonchev–Trinajstić information content (AvgIpc) is 3.04. The van der Waals surface area contributed by atoms with Gasteiger partial charge >= 0.3 is 0 Å². The SMILES string of the molecule is O=C(C#Cc1ccccc1)c1cc(-c2ccccc2)on1. The minimum atomic E-state index is -0.357. The Morgan fingerprint density at radius 3 is 2.33 bits per heavy atom.